The maximum Gasteiger partial charge on any atom is 0.326 e. The number of hydrogen-bond acceptors (Lipinski definition) is 6. The topological polar surface area (TPSA) is 116 Å². The van der Waals surface area contributed by atoms with Crippen LogP contribution in [-0.2, 0) is 11.2 Å². The molecule has 2 heterocycles. The number of anilines is 1. The Morgan fingerprint density at radius 2 is 2.26 bits per heavy atom. The average Bonchev–Trinajstić information content (AvgIpc) is 2.95. The Morgan fingerprint density at radius 3 is 2.84 bits per heavy atom. The molecule has 1 aromatic rings. The zero-order chi connectivity index (χ0) is 14.0. The van der Waals surface area contributed by atoms with E-state index in [1.54, 1.807) is 0 Å². The van der Waals surface area contributed by atoms with Gasteiger partial charge in [0.25, 0.3) is 0 Å². The summed E-state index contributed by atoms with van der Waals surface area (Å²) < 4.78 is 0. The van der Waals surface area contributed by atoms with Crippen molar-refractivity contribution in [1.29, 1.82) is 0 Å². The van der Waals surface area contributed by atoms with Crippen molar-refractivity contribution in [3.8, 4) is 0 Å². The number of carboxylic acids is 1. The van der Waals surface area contributed by atoms with Gasteiger partial charge in [0.1, 0.15) is 11.0 Å². The molecule has 0 aromatic carbocycles. The van der Waals surface area contributed by atoms with E-state index in [2.05, 4.69) is 15.5 Å². The zero-order valence-corrected chi connectivity index (χ0v) is 11.1. The third kappa shape index (κ3) is 2.99. The number of carbonyl (C=O) groups excluding carboxylic acids is 1. The highest BCUT2D eigenvalue weighted by Crippen LogP contribution is 2.21. The van der Waals surface area contributed by atoms with E-state index in [0.29, 0.717) is 11.6 Å². The largest absolute Gasteiger partial charge is 0.480 e. The lowest BCUT2D eigenvalue weighted by molar-refractivity contribution is -0.141. The van der Waals surface area contributed by atoms with Crippen LogP contribution in [-0.4, -0.2) is 56.0 Å². The Hall–Kier alpha value is -1.74. The number of aliphatic hydroxyl groups is 1. The Balaban J connectivity index is 2.04. The highest BCUT2D eigenvalue weighted by atomic mass is 32.1. The fourth-order valence-electron chi connectivity index (χ4n) is 1.88. The molecule has 0 radical (unpaired) electrons. The summed E-state index contributed by atoms with van der Waals surface area (Å²) in [4.78, 5) is 24.1. The SMILES string of the molecule is CCc1nnc(NC(=O)N2C[C@H](O)C[C@H]2C(=O)O)s1. The molecule has 3 N–H and O–H groups in total. The van der Waals surface area contributed by atoms with E-state index in [4.69, 9.17) is 5.11 Å². The fourth-order valence-corrected chi connectivity index (χ4v) is 2.55. The van der Waals surface area contributed by atoms with E-state index in [0.717, 1.165) is 9.91 Å². The number of nitrogens with one attached hydrogen (secondary N) is 1. The second-order valence-electron chi connectivity index (χ2n) is 4.18. The van der Waals surface area contributed by atoms with Gasteiger partial charge < -0.3 is 15.1 Å². The summed E-state index contributed by atoms with van der Waals surface area (Å²) in [6.45, 7) is 1.92. The summed E-state index contributed by atoms with van der Waals surface area (Å²) >= 11 is 1.24. The van der Waals surface area contributed by atoms with Crippen LogP contribution in [0.1, 0.15) is 18.4 Å². The number of aromatic nitrogens is 2. The molecule has 0 bridgehead atoms. The summed E-state index contributed by atoms with van der Waals surface area (Å²) in [5.41, 5.74) is 0. The standard InChI is InChI=1S/C10H14N4O4S/c1-2-7-12-13-9(19-7)11-10(18)14-4-5(15)3-6(14)8(16)17/h5-6,15H,2-4H2,1H3,(H,16,17)(H,11,13,18)/t5-,6+/m1/s1. The first-order valence-corrected chi connectivity index (χ1v) is 6.63. The second-order valence-corrected chi connectivity index (χ2v) is 5.24. The van der Waals surface area contributed by atoms with Crippen LogP contribution in [0.5, 0.6) is 0 Å². The van der Waals surface area contributed by atoms with Crippen LogP contribution in [0.15, 0.2) is 0 Å². The van der Waals surface area contributed by atoms with Crippen molar-refractivity contribution < 1.29 is 19.8 Å². The molecule has 1 fully saturated rings. The number of hydrogen-bond donors (Lipinski definition) is 3. The van der Waals surface area contributed by atoms with Gasteiger partial charge in [0.05, 0.1) is 6.10 Å². The van der Waals surface area contributed by atoms with E-state index in [1.165, 1.54) is 11.3 Å². The van der Waals surface area contributed by atoms with Crippen LogP contribution in [0.2, 0.25) is 0 Å². The van der Waals surface area contributed by atoms with Crippen molar-refractivity contribution in [2.24, 2.45) is 0 Å². The molecule has 104 valence electrons. The molecule has 1 saturated heterocycles. The summed E-state index contributed by atoms with van der Waals surface area (Å²) in [6, 6.07) is -1.59. The highest BCUT2D eigenvalue weighted by Gasteiger charge is 2.39. The van der Waals surface area contributed by atoms with Gasteiger partial charge in [0, 0.05) is 13.0 Å². The number of aliphatic hydroxyl groups excluding tert-OH is 1. The van der Waals surface area contributed by atoms with E-state index in [9.17, 15) is 14.7 Å². The molecular formula is C10H14N4O4S. The van der Waals surface area contributed by atoms with Crippen LogP contribution in [0.3, 0.4) is 0 Å². The van der Waals surface area contributed by atoms with Crippen LogP contribution in [0.25, 0.3) is 0 Å². The van der Waals surface area contributed by atoms with Gasteiger partial charge in [-0.15, -0.1) is 10.2 Å². The molecule has 8 nitrogen and oxygen atoms in total. The molecule has 0 aliphatic carbocycles. The normalized spacial score (nSPS) is 22.5. The number of carboxylic acid groups (broad SMARTS) is 1. The lowest BCUT2D eigenvalue weighted by Crippen LogP contribution is -2.43. The van der Waals surface area contributed by atoms with Gasteiger partial charge in [-0.25, -0.2) is 9.59 Å². The predicted octanol–water partition coefficient (Wildman–Crippen LogP) is 0.152. The lowest BCUT2D eigenvalue weighted by atomic mass is 10.2. The molecule has 1 aliphatic rings. The summed E-state index contributed by atoms with van der Waals surface area (Å²) in [5, 5.41) is 29.7. The van der Waals surface area contributed by atoms with Crippen LogP contribution >= 0.6 is 11.3 Å². The highest BCUT2D eigenvalue weighted by molar-refractivity contribution is 7.15. The van der Waals surface area contributed by atoms with E-state index >= 15 is 0 Å². The van der Waals surface area contributed by atoms with E-state index in [-0.39, 0.29) is 13.0 Å². The van der Waals surface area contributed by atoms with Crippen LogP contribution in [0, 0.1) is 0 Å². The molecule has 2 rings (SSSR count). The Labute approximate surface area is 113 Å². The quantitative estimate of drug-likeness (QED) is 0.728. The molecule has 19 heavy (non-hydrogen) atoms. The minimum atomic E-state index is -1.13. The number of aliphatic carboxylic acids is 1. The number of urea groups is 1. The van der Waals surface area contributed by atoms with Crippen molar-refractivity contribution >= 4 is 28.5 Å². The van der Waals surface area contributed by atoms with Crippen molar-refractivity contribution in [1.82, 2.24) is 15.1 Å². The molecule has 9 heteroatoms. The number of likely N-dealkylation sites (tertiary alicyclic amines) is 1. The first-order valence-electron chi connectivity index (χ1n) is 5.82. The van der Waals surface area contributed by atoms with Gasteiger partial charge in [0.15, 0.2) is 0 Å². The predicted molar refractivity (Wildman–Crippen MR) is 67.1 cm³/mol. The van der Waals surface area contributed by atoms with Crippen molar-refractivity contribution in [3.63, 3.8) is 0 Å². The van der Waals surface area contributed by atoms with Crippen LogP contribution < -0.4 is 5.32 Å². The fraction of sp³-hybridized carbons (Fsp3) is 0.600. The second kappa shape index (κ2) is 5.49. The van der Waals surface area contributed by atoms with E-state index in [1.807, 2.05) is 6.92 Å². The number of nitrogens with zero attached hydrogens (tertiary/aromatic N) is 3. The number of aryl methyl sites for hydroxylation is 1. The lowest BCUT2D eigenvalue weighted by Gasteiger charge is -2.20. The van der Waals surface area contributed by atoms with Gasteiger partial charge in [-0.05, 0) is 6.42 Å². The third-order valence-corrected chi connectivity index (χ3v) is 3.79. The number of β-amino-alcohol motifs (C(OH)–C–C–N with tert-alkyl or cyclic N) is 1. The molecule has 2 atom stereocenters. The van der Waals surface area contributed by atoms with Gasteiger partial charge >= 0.3 is 12.0 Å². The summed E-state index contributed by atoms with van der Waals surface area (Å²) in [5.74, 6) is -1.13. The van der Waals surface area contributed by atoms with Gasteiger partial charge in [-0.2, -0.15) is 0 Å². The average molecular weight is 286 g/mol. The van der Waals surface area contributed by atoms with Gasteiger partial charge in [-0.1, -0.05) is 18.3 Å². The first-order chi connectivity index (χ1) is 9.01. The minimum Gasteiger partial charge on any atom is -0.480 e. The number of carbonyl (C=O) groups is 2. The summed E-state index contributed by atoms with van der Waals surface area (Å²) in [7, 11) is 0. The van der Waals surface area contributed by atoms with Crippen molar-refractivity contribution in [2.45, 2.75) is 31.9 Å². The number of rotatable bonds is 3. The molecular weight excluding hydrogens is 272 g/mol. The smallest absolute Gasteiger partial charge is 0.326 e. The Kier molecular flexibility index (Phi) is 3.96. The molecule has 0 unspecified atom stereocenters. The van der Waals surface area contributed by atoms with Crippen LogP contribution in [0.4, 0.5) is 9.93 Å². The van der Waals surface area contributed by atoms with Crippen molar-refractivity contribution in [3.05, 3.63) is 5.01 Å². The molecule has 0 saturated carbocycles. The maximum atomic E-state index is 12.0. The monoisotopic (exact) mass is 286 g/mol. The minimum absolute atomic E-state index is 0.00222. The maximum absolute atomic E-state index is 12.0. The number of amides is 2. The zero-order valence-electron chi connectivity index (χ0n) is 10.2. The Morgan fingerprint density at radius 1 is 1.53 bits per heavy atom. The van der Waals surface area contributed by atoms with Crippen molar-refractivity contribution in [2.75, 3.05) is 11.9 Å². The first kappa shape index (κ1) is 13.7. The van der Waals surface area contributed by atoms with E-state index < -0.39 is 24.1 Å². The molecule has 0 spiro atoms. The third-order valence-electron chi connectivity index (χ3n) is 2.81. The summed E-state index contributed by atoms with van der Waals surface area (Å²) in [6.07, 6.45) is -0.0558. The van der Waals surface area contributed by atoms with Gasteiger partial charge in [0.2, 0.25) is 5.13 Å². The molecule has 1 aromatic heterocycles. The Bertz CT molecular complexity index is 492. The molecule has 2 amide bonds. The molecule has 1 aliphatic heterocycles. The van der Waals surface area contributed by atoms with Gasteiger partial charge in [-0.3, -0.25) is 5.32 Å².